The number of nitrogens with one attached hydrogen (secondary N) is 1. The van der Waals surface area contributed by atoms with Crippen molar-refractivity contribution in [1.82, 2.24) is 24.8 Å². The molecule has 2 N–H and O–H groups in total. The topological polar surface area (TPSA) is 104 Å². The third-order valence-electron chi connectivity index (χ3n) is 6.12. The maximum absolute atomic E-state index is 12.9. The van der Waals surface area contributed by atoms with Crippen molar-refractivity contribution in [2.45, 2.75) is 12.6 Å². The van der Waals surface area contributed by atoms with Crippen LogP contribution in [-0.2, 0) is 11.3 Å². The Bertz CT molecular complexity index is 1520. The molecule has 4 heterocycles. The van der Waals surface area contributed by atoms with Crippen molar-refractivity contribution in [2.75, 3.05) is 14.2 Å². The SMILES string of the molecule is COc1ccccc1-c1c[nH]c2ncc(-c3cncc(C(O)C(=O)N(C)Cc4ccncc4)c3)cc12. The number of nitrogens with zero attached hydrogens (tertiary/aromatic N) is 4. The Balaban J connectivity index is 1.44. The lowest BCUT2D eigenvalue weighted by molar-refractivity contribution is -0.139. The molecule has 1 unspecified atom stereocenters. The van der Waals surface area contributed by atoms with E-state index in [9.17, 15) is 9.90 Å². The second-order valence-corrected chi connectivity index (χ2v) is 8.48. The van der Waals surface area contributed by atoms with Crippen LogP contribution in [0.4, 0.5) is 0 Å². The van der Waals surface area contributed by atoms with Gasteiger partial charge in [0.1, 0.15) is 11.4 Å². The minimum absolute atomic E-state index is 0.366. The molecule has 8 nitrogen and oxygen atoms in total. The van der Waals surface area contributed by atoms with Crippen LogP contribution in [0, 0.1) is 0 Å². The van der Waals surface area contributed by atoms with E-state index in [4.69, 9.17) is 4.74 Å². The van der Waals surface area contributed by atoms with Gasteiger partial charge in [-0.2, -0.15) is 0 Å². The lowest BCUT2D eigenvalue weighted by Crippen LogP contribution is -2.31. The standard InChI is InChI=1S/C28H25N5O3/c1-33(17-18-7-9-29-10-8-18)28(35)26(34)21-11-19(13-30-14-21)20-12-23-24(16-32-27(23)31-15-20)22-5-3-4-6-25(22)36-2/h3-16,26,34H,17H2,1-2H3,(H,31,32). The molecule has 1 aromatic carbocycles. The molecule has 8 heteroatoms. The Morgan fingerprint density at radius 3 is 2.61 bits per heavy atom. The second kappa shape index (κ2) is 9.97. The molecule has 180 valence electrons. The quantitative estimate of drug-likeness (QED) is 0.359. The number of amides is 1. The van der Waals surface area contributed by atoms with Crippen LogP contribution < -0.4 is 4.74 Å². The first-order valence-corrected chi connectivity index (χ1v) is 11.4. The van der Waals surface area contributed by atoms with Crippen LogP contribution in [0.3, 0.4) is 0 Å². The first kappa shape index (κ1) is 23.2. The van der Waals surface area contributed by atoms with Gasteiger partial charge in [0.25, 0.3) is 5.91 Å². The van der Waals surface area contributed by atoms with Crippen LogP contribution in [0.25, 0.3) is 33.3 Å². The van der Waals surface area contributed by atoms with Gasteiger partial charge < -0.3 is 19.7 Å². The number of ether oxygens (including phenoxy) is 1. The van der Waals surface area contributed by atoms with Crippen molar-refractivity contribution in [3.8, 4) is 28.0 Å². The summed E-state index contributed by atoms with van der Waals surface area (Å²) in [6, 6.07) is 15.3. The molecule has 0 aliphatic rings. The van der Waals surface area contributed by atoms with E-state index in [0.29, 0.717) is 12.1 Å². The first-order chi connectivity index (χ1) is 17.5. The molecular formula is C28H25N5O3. The number of hydrogen-bond acceptors (Lipinski definition) is 6. The summed E-state index contributed by atoms with van der Waals surface area (Å²) < 4.78 is 5.54. The highest BCUT2D eigenvalue weighted by Crippen LogP contribution is 2.36. The van der Waals surface area contributed by atoms with Gasteiger partial charge in [0.2, 0.25) is 0 Å². The lowest BCUT2D eigenvalue weighted by Gasteiger charge is -2.21. The average Bonchev–Trinajstić information content (AvgIpc) is 3.36. The number of H-pyrrole nitrogens is 1. The van der Waals surface area contributed by atoms with Gasteiger partial charge in [0, 0.05) is 84.0 Å². The van der Waals surface area contributed by atoms with Crippen LogP contribution in [0.2, 0.25) is 0 Å². The zero-order chi connectivity index (χ0) is 25.1. The van der Waals surface area contributed by atoms with Crippen LogP contribution >= 0.6 is 0 Å². The summed E-state index contributed by atoms with van der Waals surface area (Å²) >= 11 is 0. The van der Waals surface area contributed by atoms with Gasteiger partial charge in [-0.05, 0) is 35.9 Å². The maximum atomic E-state index is 12.9. The number of aliphatic hydroxyl groups excluding tert-OH is 1. The minimum Gasteiger partial charge on any atom is -0.496 e. The fraction of sp³-hybridized carbons (Fsp3) is 0.143. The third-order valence-corrected chi connectivity index (χ3v) is 6.12. The van der Waals surface area contributed by atoms with E-state index >= 15 is 0 Å². The Kier molecular flexibility index (Phi) is 6.42. The number of benzene rings is 1. The van der Waals surface area contributed by atoms with Gasteiger partial charge in [-0.15, -0.1) is 0 Å². The average molecular weight is 480 g/mol. The number of aromatic nitrogens is 4. The highest BCUT2D eigenvalue weighted by Gasteiger charge is 2.22. The molecule has 36 heavy (non-hydrogen) atoms. The van der Waals surface area contributed by atoms with Crippen LogP contribution in [0.1, 0.15) is 17.2 Å². The highest BCUT2D eigenvalue weighted by atomic mass is 16.5. The largest absolute Gasteiger partial charge is 0.496 e. The minimum atomic E-state index is -1.34. The normalized spacial score (nSPS) is 11.9. The van der Waals surface area contributed by atoms with Crippen LogP contribution in [0.15, 0.2) is 85.7 Å². The summed E-state index contributed by atoms with van der Waals surface area (Å²) in [5, 5.41) is 11.7. The fourth-order valence-electron chi connectivity index (χ4n) is 4.21. The maximum Gasteiger partial charge on any atom is 0.256 e. The van der Waals surface area contributed by atoms with Gasteiger partial charge >= 0.3 is 0 Å². The molecule has 4 aromatic heterocycles. The van der Waals surface area contributed by atoms with E-state index in [1.54, 1.807) is 45.0 Å². The molecule has 0 radical (unpaired) electrons. The molecular weight excluding hydrogens is 454 g/mol. The van der Waals surface area contributed by atoms with Crippen molar-refractivity contribution in [3.05, 3.63) is 96.8 Å². The summed E-state index contributed by atoms with van der Waals surface area (Å²) in [5.41, 5.74) is 5.57. The molecule has 0 fully saturated rings. The van der Waals surface area contributed by atoms with Crippen molar-refractivity contribution in [1.29, 1.82) is 0 Å². The van der Waals surface area contributed by atoms with Gasteiger partial charge in [-0.1, -0.05) is 18.2 Å². The molecule has 0 aliphatic heterocycles. The Morgan fingerprint density at radius 1 is 1.03 bits per heavy atom. The van der Waals surface area contributed by atoms with Gasteiger partial charge in [-0.3, -0.25) is 14.8 Å². The number of rotatable bonds is 7. The molecule has 5 aromatic rings. The number of carbonyl (C=O) groups excluding carboxylic acids is 1. The first-order valence-electron chi connectivity index (χ1n) is 11.4. The van der Waals surface area contributed by atoms with Gasteiger partial charge in [0.15, 0.2) is 6.10 Å². The number of para-hydroxylation sites is 1. The van der Waals surface area contributed by atoms with Crippen molar-refractivity contribution < 1.29 is 14.6 Å². The zero-order valence-corrected chi connectivity index (χ0v) is 19.9. The number of aliphatic hydroxyl groups is 1. The Morgan fingerprint density at radius 2 is 1.81 bits per heavy atom. The molecule has 0 spiro atoms. The van der Waals surface area contributed by atoms with E-state index in [1.807, 2.05) is 48.7 Å². The summed E-state index contributed by atoms with van der Waals surface area (Å²) in [4.78, 5) is 30.5. The van der Waals surface area contributed by atoms with E-state index < -0.39 is 12.0 Å². The Hall–Kier alpha value is -4.56. The van der Waals surface area contributed by atoms with Crippen LogP contribution in [0.5, 0.6) is 5.75 Å². The molecule has 5 rings (SSSR count). The molecule has 0 aliphatic carbocycles. The monoisotopic (exact) mass is 479 g/mol. The van der Waals surface area contributed by atoms with Crippen molar-refractivity contribution >= 4 is 16.9 Å². The van der Waals surface area contributed by atoms with Gasteiger partial charge in [-0.25, -0.2) is 4.98 Å². The second-order valence-electron chi connectivity index (χ2n) is 8.48. The number of carbonyl (C=O) groups is 1. The number of likely N-dealkylation sites (N-methyl/N-ethyl adjacent to an activating group) is 1. The van der Waals surface area contributed by atoms with E-state index in [0.717, 1.165) is 44.6 Å². The third kappa shape index (κ3) is 4.54. The van der Waals surface area contributed by atoms with E-state index in [-0.39, 0.29) is 0 Å². The molecule has 0 bridgehead atoms. The summed E-state index contributed by atoms with van der Waals surface area (Å²) in [6.45, 7) is 0.366. The molecule has 1 amide bonds. The van der Waals surface area contributed by atoms with Crippen LogP contribution in [-0.4, -0.2) is 50.0 Å². The molecule has 0 saturated carbocycles. The lowest BCUT2D eigenvalue weighted by atomic mass is 10.0. The van der Waals surface area contributed by atoms with Crippen molar-refractivity contribution in [2.24, 2.45) is 0 Å². The summed E-state index contributed by atoms with van der Waals surface area (Å²) in [7, 11) is 3.31. The predicted molar refractivity (Wildman–Crippen MR) is 137 cm³/mol. The molecule has 0 saturated heterocycles. The highest BCUT2D eigenvalue weighted by molar-refractivity contribution is 5.97. The van der Waals surface area contributed by atoms with Gasteiger partial charge in [0.05, 0.1) is 7.11 Å². The number of aromatic amines is 1. The Labute approximate surface area is 208 Å². The van der Waals surface area contributed by atoms with E-state index in [2.05, 4.69) is 19.9 Å². The smallest absolute Gasteiger partial charge is 0.256 e. The number of methoxy groups -OCH3 is 1. The number of fused-ring (bicyclic) bond motifs is 1. The fourth-order valence-corrected chi connectivity index (χ4v) is 4.21. The molecule has 1 atom stereocenters. The van der Waals surface area contributed by atoms with Crippen molar-refractivity contribution in [3.63, 3.8) is 0 Å². The zero-order valence-electron chi connectivity index (χ0n) is 19.9. The predicted octanol–water partition coefficient (Wildman–Crippen LogP) is 4.39. The number of pyridine rings is 3. The summed E-state index contributed by atoms with van der Waals surface area (Å²) in [6.07, 6.45) is 8.87. The van der Waals surface area contributed by atoms with E-state index in [1.165, 1.54) is 11.1 Å². The summed E-state index contributed by atoms with van der Waals surface area (Å²) in [5.74, 6) is 0.355. The number of hydrogen-bond donors (Lipinski definition) is 2.